The summed E-state index contributed by atoms with van der Waals surface area (Å²) in [5, 5.41) is 13.6. The van der Waals surface area contributed by atoms with E-state index < -0.39 is 18.5 Å². The molecular formula is C18H34N2O10. The molecular weight excluding hydrogens is 404 g/mol. The third-order valence-corrected chi connectivity index (χ3v) is 3.25. The van der Waals surface area contributed by atoms with E-state index in [0.29, 0.717) is 52.8 Å². The van der Waals surface area contributed by atoms with Gasteiger partial charge in [-0.3, -0.25) is 9.59 Å². The Morgan fingerprint density at radius 1 is 0.633 bits per heavy atom. The third-order valence-electron chi connectivity index (χ3n) is 3.25. The SMILES string of the molecule is COCCOCCOCCOCCNC(=O)CCOCCNC(=O)COCC(=O)O. The van der Waals surface area contributed by atoms with E-state index in [2.05, 4.69) is 15.4 Å². The Kier molecular flexibility index (Phi) is 20.5. The Balaban J connectivity index is 3.27. The fourth-order valence-electron chi connectivity index (χ4n) is 1.85. The smallest absolute Gasteiger partial charge is 0.329 e. The summed E-state index contributed by atoms with van der Waals surface area (Å²) in [6.45, 7) is 3.62. The highest BCUT2D eigenvalue weighted by molar-refractivity contribution is 5.77. The molecule has 0 bridgehead atoms. The summed E-state index contributed by atoms with van der Waals surface area (Å²) in [5.74, 6) is -1.73. The molecule has 0 fully saturated rings. The monoisotopic (exact) mass is 438 g/mol. The lowest BCUT2D eigenvalue weighted by molar-refractivity contribution is -0.143. The second-order valence-electron chi connectivity index (χ2n) is 5.78. The van der Waals surface area contributed by atoms with Crippen molar-refractivity contribution in [2.75, 3.05) is 92.9 Å². The van der Waals surface area contributed by atoms with Gasteiger partial charge in [0.2, 0.25) is 11.8 Å². The number of carboxylic acids is 1. The van der Waals surface area contributed by atoms with Crippen LogP contribution in [-0.4, -0.2) is 116 Å². The Morgan fingerprint density at radius 2 is 1.13 bits per heavy atom. The summed E-state index contributed by atoms with van der Waals surface area (Å²) in [5.41, 5.74) is 0. The molecule has 12 heteroatoms. The van der Waals surface area contributed by atoms with Crippen molar-refractivity contribution in [1.82, 2.24) is 10.6 Å². The van der Waals surface area contributed by atoms with Gasteiger partial charge in [0, 0.05) is 26.6 Å². The minimum atomic E-state index is -1.14. The number of rotatable bonds is 22. The molecule has 0 aliphatic rings. The van der Waals surface area contributed by atoms with Gasteiger partial charge in [-0.15, -0.1) is 0 Å². The van der Waals surface area contributed by atoms with Gasteiger partial charge in [0.15, 0.2) is 0 Å². The Hall–Kier alpha value is -1.83. The van der Waals surface area contributed by atoms with E-state index in [0.717, 1.165) is 0 Å². The van der Waals surface area contributed by atoms with E-state index >= 15 is 0 Å². The zero-order valence-electron chi connectivity index (χ0n) is 17.5. The topological polar surface area (TPSA) is 151 Å². The largest absolute Gasteiger partial charge is 0.480 e. The van der Waals surface area contributed by atoms with Gasteiger partial charge in [-0.2, -0.15) is 0 Å². The fraction of sp³-hybridized carbons (Fsp3) is 0.833. The first-order valence-corrected chi connectivity index (χ1v) is 9.69. The number of carbonyl (C=O) groups excluding carboxylic acids is 2. The number of hydrogen-bond acceptors (Lipinski definition) is 9. The highest BCUT2D eigenvalue weighted by Gasteiger charge is 2.04. The highest BCUT2D eigenvalue weighted by Crippen LogP contribution is 1.85. The number of amides is 2. The van der Waals surface area contributed by atoms with Crippen LogP contribution in [-0.2, 0) is 42.8 Å². The van der Waals surface area contributed by atoms with E-state index in [1.165, 1.54) is 0 Å². The number of hydrogen-bond donors (Lipinski definition) is 3. The second kappa shape index (κ2) is 21.9. The van der Waals surface area contributed by atoms with Crippen LogP contribution in [0, 0.1) is 0 Å². The molecule has 0 radical (unpaired) electrons. The predicted molar refractivity (Wildman–Crippen MR) is 104 cm³/mol. The quantitative estimate of drug-likeness (QED) is 0.169. The molecule has 176 valence electrons. The van der Waals surface area contributed by atoms with Crippen LogP contribution < -0.4 is 10.6 Å². The van der Waals surface area contributed by atoms with Crippen LogP contribution in [0.1, 0.15) is 6.42 Å². The summed E-state index contributed by atoms with van der Waals surface area (Å²) in [6, 6.07) is 0. The van der Waals surface area contributed by atoms with Gasteiger partial charge in [0.25, 0.3) is 0 Å². The molecule has 0 unspecified atom stereocenters. The van der Waals surface area contributed by atoms with Gasteiger partial charge in [-0.25, -0.2) is 4.79 Å². The molecule has 0 aromatic rings. The first-order chi connectivity index (χ1) is 14.6. The van der Waals surface area contributed by atoms with Gasteiger partial charge >= 0.3 is 5.97 Å². The van der Waals surface area contributed by atoms with Crippen molar-refractivity contribution in [2.45, 2.75) is 6.42 Å². The van der Waals surface area contributed by atoms with Gasteiger partial charge in [-0.05, 0) is 0 Å². The van der Waals surface area contributed by atoms with Gasteiger partial charge in [0.05, 0.1) is 59.5 Å². The maximum Gasteiger partial charge on any atom is 0.329 e. The molecule has 12 nitrogen and oxygen atoms in total. The summed E-state index contributed by atoms with van der Waals surface area (Å²) in [6.07, 6.45) is 0.196. The molecule has 0 aliphatic heterocycles. The molecule has 0 saturated heterocycles. The standard InChI is InChI=1S/C18H34N2O10/c1-25-8-9-28-12-13-29-11-10-27-7-3-19-16(21)2-5-26-6-4-20-17(22)14-30-15-18(23)24/h2-15H2,1H3,(H,19,21)(H,20,22)(H,23,24). The summed E-state index contributed by atoms with van der Waals surface area (Å²) >= 11 is 0. The van der Waals surface area contributed by atoms with Crippen molar-refractivity contribution >= 4 is 17.8 Å². The molecule has 0 saturated carbocycles. The minimum Gasteiger partial charge on any atom is -0.480 e. The molecule has 0 spiro atoms. The Morgan fingerprint density at radius 3 is 1.70 bits per heavy atom. The zero-order chi connectivity index (χ0) is 22.3. The fourth-order valence-corrected chi connectivity index (χ4v) is 1.85. The number of aliphatic carboxylic acids is 1. The van der Waals surface area contributed by atoms with Crippen LogP contribution in [0.2, 0.25) is 0 Å². The Bertz CT molecular complexity index is 451. The van der Waals surface area contributed by atoms with E-state index in [-0.39, 0.29) is 38.7 Å². The van der Waals surface area contributed by atoms with Crippen LogP contribution in [0.5, 0.6) is 0 Å². The minimum absolute atomic E-state index is 0.158. The van der Waals surface area contributed by atoms with Gasteiger partial charge < -0.3 is 44.2 Å². The maximum absolute atomic E-state index is 11.6. The van der Waals surface area contributed by atoms with E-state index in [1.807, 2.05) is 0 Å². The molecule has 30 heavy (non-hydrogen) atoms. The van der Waals surface area contributed by atoms with Crippen LogP contribution >= 0.6 is 0 Å². The molecule has 0 aromatic carbocycles. The second-order valence-corrected chi connectivity index (χ2v) is 5.78. The van der Waals surface area contributed by atoms with Gasteiger partial charge in [-0.1, -0.05) is 0 Å². The zero-order valence-corrected chi connectivity index (χ0v) is 17.5. The van der Waals surface area contributed by atoms with Crippen molar-refractivity contribution < 1.29 is 47.9 Å². The van der Waals surface area contributed by atoms with Crippen molar-refractivity contribution in [3.05, 3.63) is 0 Å². The molecule has 0 atom stereocenters. The van der Waals surface area contributed by atoms with Crippen molar-refractivity contribution in [2.24, 2.45) is 0 Å². The number of carbonyl (C=O) groups is 3. The molecule has 0 aliphatic carbocycles. The number of ether oxygens (including phenoxy) is 6. The molecule has 0 rings (SSSR count). The molecule has 2 amide bonds. The lowest BCUT2D eigenvalue weighted by atomic mass is 10.4. The highest BCUT2D eigenvalue weighted by atomic mass is 16.6. The predicted octanol–water partition coefficient (Wildman–Crippen LogP) is -1.58. The van der Waals surface area contributed by atoms with Crippen LogP contribution in [0.15, 0.2) is 0 Å². The lowest BCUT2D eigenvalue weighted by Crippen LogP contribution is -2.32. The maximum atomic E-state index is 11.6. The molecule has 0 heterocycles. The number of carboxylic acid groups (broad SMARTS) is 1. The third kappa shape index (κ3) is 22.5. The van der Waals surface area contributed by atoms with Crippen LogP contribution in [0.4, 0.5) is 0 Å². The molecule has 0 aromatic heterocycles. The first-order valence-electron chi connectivity index (χ1n) is 9.69. The van der Waals surface area contributed by atoms with Crippen LogP contribution in [0.25, 0.3) is 0 Å². The van der Waals surface area contributed by atoms with Crippen molar-refractivity contribution in [1.29, 1.82) is 0 Å². The summed E-state index contributed by atoms with van der Waals surface area (Å²) in [4.78, 5) is 33.1. The van der Waals surface area contributed by atoms with Crippen molar-refractivity contribution in [3.63, 3.8) is 0 Å². The van der Waals surface area contributed by atoms with E-state index in [9.17, 15) is 14.4 Å². The Labute approximate surface area is 176 Å². The number of methoxy groups -OCH3 is 1. The van der Waals surface area contributed by atoms with Gasteiger partial charge in [0.1, 0.15) is 13.2 Å². The normalized spacial score (nSPS) is 10.7. The lowest BCUT2D eigenvalue weighted by Gasteiger charge is -2.08. The summed E-state index contributed by atoms with van der Waals surface area (Å²) < 4.78 is 30.6. The number of nitrogens with one attached hydrogen (secondary N) is 2. The average Bonchev–Trinajstić information content (AvgIpc) is 2.71. The summed E-state index contributed by atoms with van der Waals surface area (Å²) in [7, 11) is 1.62. The molecule has 3 N–H and O–H groups in total. The van der Waals surface area contributed by atoms with E-state index in [4.69, 9.17) is 28.8 Å². The average molecular weight is 438 g/mol. The van der Waals surface area contributed by atoms with E-state index in [1.54, 1.807) is 7.11 Å². The van der Waals surface area contributed by atoms with Crippen molar-refractivity contribution in [3.8, 4) is 0 Å². The first kappa shape index (κ1) is 28.2. The van der Waals surface area contributed by atoms with Crippen LogP contribution in [0.3, 0.4) is 0 Å².